The number of nitrogens with zero attached hydrogens (tertiary/aromatic N) is 2. The van der Waals surface area contributed by atoms with Gasteiger partial charge in [0, 0.05) is 42.6 Å². The fourth-order valence-electron chi connectivity index (χ4n) is 4.30. The highest BCUT2D eigenvalue weighted by molar-refractivity contribution is 5.58. The topological polar surface area (TPSA) is 41.7 Å². The smallest absolute Gasteiger partial charge is 0.0642 e. The van der Waals surface area contributed by atoms with Crippen LogP contribution >= 0.6 is 0 Å². The van der Waals surface area contributed by atoms with Crippen molar-refractivity contribution in [2.75, 3.05) is 36.1 Å². The Morgan fingerprint density at radius 2 is 1.48 bits per heavy atom. The van der Waals surface area contributed by atoms with Crippen molar-refractivity contribution in [3.05, 3.63) is 24.3 Å². The molecule has 0 saturated carbocycles. The van der Waals surface area contributed by atoms with E-state index in [0.717, 1.165) is 39.1 Å². The van der Waals surface area contributed by atoms with Gasteiger partial charge in [0.2, 0.25) is 0 Å². The van der Waals surface area contributed by atoms with Crippen LogP contribution in [0.4, 0.5) is 11.4 Å². The molecule has 3 saturated heterocycles. The maximum Gasteiger partial charge on any atom is 0.0642 e. The Kier molecular flexibility index (Phi) is 3.51. The maximum absolute atomic E-state index is 6.17. The van der Waals surface area contributed by atoms with E-state index < -0.39 is 0 Å². The first kappa shape index (κ1) is 13.4. The Morgan fingerprint density at radius 3 is 2.10 bits per heavy atom. The van der Waals surface area contributed by atoms with Gasteiger partial charge in [0.15, 0.2) is 0 Å². The van der Waals surface area contributed by atoms with Gasteiger partial charge in [-0.2, -0.15) is 0 Å². The highest BCUT2D eigenvalue weighted by Gasteiger charge is 2.39. The number of benzene rings is 1. The van der Waals surface area contributed by atoms with Gasteiger partial charge >= 0.3 is 0 Å². The van der Waals surface area contributed by atoms with Crippen molar-refractivity contribution < 1.29 is 4.74 Å². The van der Waals surface area contributed by atoms with Gasteiger partial charge in [-0.05, 0) is 49.9 Å². The second kappa shape index (κ2) is 5.50. The molecule has 2 unspecified atom stereocenters. The molecule has 0 aliphatic carbocycles. The van der Waals surface area contributed by atoms with Crippen molar-refractivity contribution in [1.29, 1.82) is 0 Å². The van der Waals surface area contributed by atoms with Crippen LogP contribution in [0.5, 0.6) is 0 Å². The summed E-state index contributed by atoms with van der Waals surface area (Å²) >= 11 is 0. The Hall–Kier alpha value is -1.26. The number of hydrogen-bond donors (Lipinski definition) is 1. The molecule has 2 N–H and O–H groups in total. The van der Waals surface area contributed by atoms with Gasteiger partial charge in [0.05, 0.1) is 13.2 Å². The van der Waals surface area contributed by atoms with E-state index in [1.807, 2.05) is 0 Å². The van der Waals surface area contributed by atoms with Gasteiger partial charge in [-0.25, -0.2) is 0 Å². The molecule has 0 spiro atoms. The molecule has 2 atom stereocenters. The first-order valence-corrected chi connectivity index (χ1v) is 8.28. The summed E-state index contributed by atoms with van der Waals surface area (Å²) in [6, 6.07) is 10.9. The molecular weight excluding hydrogens is 262 g/mol. The standard InChI is InChI=1S/C17H25N3O/c18-13-11-16-5-6-17(12-13)20(16)15-3-1-14(2-4-15)19-7-9-21-10-8-19/h1-4,13,16-17H,5-12,18H2. The Morgan fingerprint density at radius 1 is 0.905 bits per heavy atom. The van der Waals surface area contributed by atoms with Gasteiger partial charge < -0.3 is 20.3 Å². The lowest BCUT2D eigenvalue weighted by molar-refractivity contribution is 0.122. The van der Waals surface area contributed by atoms with Crippen molar-refractivity contribution in [1.82, 2.24) is 0 Å². The van der Waals surface area contributed by atoms with Crippen LogP contribution in [0.25, 0.3) is 0 Å². The average molecular weight is 287 g/mol. The Labute approximate surface area is 126 Å². The molecule has 3 aliphatic heterocycles. The quantitative estimate of drug-likeness (QED) is 0.903. The zero-order chi connectivity index (χ0) is 14.2. The van der Waals surface area contributed by atoms with Gasteiger partial charge in [0.25, 0.3) is 0 Å². The zero-order valence-corrected chi connectivity index (χ0v) is 12.6. The van der Waals surface area contributed by atoms with Crippen LogP contribution in [0.2, 0.25) is 0 Å². The Bertz CT molecular complexity index is 469. The second-order valence-corrected chi connectivity index (χ2v) is 6.64. The summed E-state index contributed by atoms with van der Waals surface area (Å²) in [5, 5.41) is 0. The van der Waals surface area contributed by atoms with Gasteiger partial charge in [-0.1, -0.05) is 0 Å². The minimum Gasteiger partial charge on any atom is -0.378 e. The predicted molar refractivity (Wildman–Crippen MR) is 86.0 cm³/mol. The first-order chi connectivity index (χ1) is 10.3. The molecule has 0 amide bonds. The zero-order valence-electron chi connectivity index (χ0n) is 12.6. The third-order valence-electron chi connectivity index (χ3n) is 5.29. The van der Waals surface area contributed by atoms with E-state index in [9.17, 15) is 0 Å². The van der Waals surface area contributed by atoms with Crippen molar-refractivity contribution >= 4 is 11.4 Å². The van der Waals surface area contributed by atoms with Crippen LogP contribution in [-0.2, 0) is 4.74 Å². The minimum absolute atomic E-state index is 0.409. The maximum atomic E-state index is 6.17. The normalized spacial score (nSPS) is 32.5. The van der Waals surface area contributed by atoms with E-state index >= 15 is 0 Å². The third-order valence-corrected chi connectivity index (χ3v) is 5.29. The molecule has 1 aromatic carbocycles. The molecule has 3 fully saturated rings. The third kappa shape index (κ3) is 2.51. The fraction of sp³-hybridized carbons (Fsp3) is 0.647. The van der Waals surface area contributed by atoms with E-state index in [2.05, 4.69) is 34.1 Å². The van der Waals surface area contributed by atoms with Crippen LogP contribution in [0.15, 0.2) is 24.3 Å². The lowest BCUT2D eigenvalue weighted by Gasteiger charge is -2.39. The fourth-order valence-corrected chi connectivity index (χ4v) is 4.30. The highest BCUT2D eigenvalue weighted by Crippen LogP contribution is 2.39. The SMILES string of the molecule is NC1CC2CCC(C1)N2c1ccc(N2CCOCC2)cc1. The molecule has 0 aromatic heterocycles. The summed E-state index contributed by atoms with van der Waals surface area (Å²) in [5.74, 6) is 0. The number of nitrogens with two attached hydrogens (primary N) is 1. The van der Waals surface area contributed by atoms with Crippen molar-refractivity contribution in [2.45, 2.75) is 43.8 Å². The summed E-state index contributed by atoms with van der Waals surface area (Å²) in [4.78, 5) is 5.04. The van der Waals surface area contributed by atoms with Gasteiger partial charge in [-0.3, -0.25) is 0 Å². The summed E-state index contributed by atoms with van der Waals surface area (Å²) in [6.45, 7) is 3.69. The van der Waals surface area contributed by atoms with Crippen molar-refractivity contribution in [3.8, 4) is 0 Å². The lowest BCUT2D eigenvalue weighted by Crippen LogP contribution is -2.47. The number of rotatable bonds is 2. The largest absolute Gasteiger partial charge is 0.378 e. The molecule has 1 aromatic rings. The summed E-state index contributed by atoms with van der Waals surface area (Å²) < 4.78 is 5.42. The number of ether oxygens (including phenoxy) is 1. The second-order valence-electron chi connectivity index (χ2n) is 6.64. The number of piperidine rings is 1. The minimum atomic E-state index is 0.409. The molecular formula is C17H25N3O. The predicted octanol–water partition coefficient (Wildman–Crippen LogP) is 1.98. The van der Waals surface area contributed by atoms with Crippen LogP contribution in [-0.4, -0.2) is 44.4 Å². The highest BCUT2D eigenvalue weighted by atomic mass is 16.5. The lowest BCUT2D eigenvalue weighted by atomic mass is 9.97. The van der Waals surface area contributed by atoms with Gasteiger partial charge in [-0.15, -0.1) is 0 Å². The number of morpholine rings is 1. The average Bonchev–Trinajstić information content (AvgIpc) is 2.80. The van der Waals surface area contributed by atoms with Crippen LogP contribution in [0, 0.1) is 0 Å². The van der Waals surface area contributed by atoms with E-state index in [-0.39, 0.29) is 0 Å². The summed E-state index contributed by atoms with van der Waals surface area (Å²) in [6.07, 6.45) is 4.93. The molecule has 4 heteroatoms. The van der Waals surface area contributed by atoms with Crippen LogP contribution < -0.4 is 15.5 Å². The van der Waals surface area contributed by atoms with E-state index in [1.54, 1.807) is 0 Å². The molecule has 114 valence electrons. The van der Waals surface area contributed by atoms with Crippen molar-refractivity contribution in [3.63, 3.8) is 0 Å². The van der Waals surface area contributed by atoms with E-state index in [0.29, 0.717) is 18.1 Å². The number of hydrogen-bond acceptors (Lipinski definition) is 4. The van der Waals surface area contributed by atoms with Gasteiger partial charge in [0.1, 0.15) is 0 Å². The van der Waals surface area contributed by atoms with E-state index in [4.69, 9.17) is 10.5 Å². The molecule has 3 heterocycles. The molecule has 3 aliphatic rings. The van der Waals surface area contributed by atoms with Crippen LogP contribution in [0.3, 0.4) is 0 Å². The summed E-state index contributed by atoms with van der Waals surface area (Å²) in [7, 11) is 0. The summed E-state index contributed by atoms with van der Waals surface area (Å²) in [5.41, 5.74) is 8.88. The Balaban J connectivity index is 1.51. The molecule has 4 nitrogen and oxygen atoms in total. The number of anilines is 2. The molecule has 0 radical (unpaired) electrons. The molecule has 2 bridgehead atoms. The molecule has 21 heavy (non-hydrogen) atoms. The monoisotopic (exact) mass is 287 g/mol. The van der Waals surface area contributed by atoms with Crippen LogP contribution in [0.1, 0.15) is 25.7 Å². The van der Waals surface area contributed by atoms with E-state index in [1.165, 1.54) is 24.2 Å². The first-order valence-electron chi connectivity index (χ1n) is 8.28. The number of fused-ring (bicyclic) bond motifs is 2. The molecule has 4 rings (SSSR count). The van der Waals surface area contributed by atoms with Crippen molar-refractivity contribution in [2.24, 2.45) is 5.73 Å².